The van der Waals surface area contributed by atoms with Gasteiger partial charge in [-0.2, -0.15) is 9.49 Å². The maximum absolute atomic E-state index is 13.9. The van der Waals surface area contributed by atoms with E-state index in [1.165, 1.54) is 36.8 Å². The van der Waals surface area contributed by atoms with Gasteiger partial charge < -0.3 is 0 Å². The van der Waals surface area contributed by atoms with Crippen molar-refractivity contribution < 1.29 is 4.39 Å². The molecule has 21 heavy (non-hydrogen) atoms. The second-order valence-corrected chi connectivity index (χ2v) is 6.78. The van der Waals surface area contributed by atoms with Crippen molar-refractivity contribution >= 4 is 11.6 Å². The van der Waals surface area contributed by atoms with E-state index < -0.39 is 5.95 Å². The van der Waals surface area contributed by atoms with Gasteiger partial charge in [0.2, 0.25) is 5.95 Å². The highest BCUT2D eigenvalue weighted by atomic mass is 35.5. The molecule has 1 aromatic heterocycles. The summed E-state index contributed by atoms with van der Waals surface area (Å²) in [6.07, 6.45) is 10.5. The molecule has 122 valence electrons. The summed E-state index contributed by atoms with van der Waals surface area (Å²) in [5.41, 5.74) is 0.638. The van der Waals surface area contributed by atoms with Gasteiger partial charge >= 0.3 is 0 Å². The topological polar surface area (TPSA) is 17.8 Å². The fraction of sp³-hybridized carbons (Fsp3) is 0.824. The van der Waals surface area contributed by atoms with E-state index in [1.54, 1.807) is 7.05 Å². The summed E-state index contributed by atoms with van der Waals surface area (Å²) in [6.45, 7) is 6.61. The molecule has 0 radical (unpaired) electrons. The van der Waals surface area contributed by atoms with E-state index in [1.807, 2.05) is 0 Å². The lowest BCUT2D eigenvalue weighted by atomic mass is 9.77. The van der Waals surface area contributed by atoms with Crippen LogP contribution in [0.4, 0.5) is 4.39 Å². The van der Waals surface area contributed by atoms with Crippen molar-refractivity contribution in [3.63, 3.8) is 0 Å². The van der Waals surface area contributed by atoms with E-state index in [0.29, 0.717) is 0 Å². The maximum atomic E-state index is 13.9. The average molecular weight is 317 g/mol. The molecule has 1 rings (SSSR count). The van der Waals surface area contributed by atoms with Crippen LogP contribution in [-0.2, 0) is 12.5 Å². The van der Waals surface area contributed by atoms with Crippen molar-refractivity contribution in [2.24, 2.45) is 7.05 Å². The summed E-state index contributed by atoms with van der Waals surface area (Å²) in [7, 11) is 1.62. The average Bonchev–Trinajstić information content (AvgIpc) is 2.72. The summed E-state index contributed by atoms with van der Waals surface area (Å²) in [5, 5.41) is 4.58. The molecule has 0 saturated carbocycles. The molecule has 0 saturated heterocycles. The third-order valence-corrected chi connectivity index (χ3v) is 4.74. The van der Waals surface area contributed by atoms with Crippen LogP contribution in [0, 0.1) is 5.95 Å². The predicted molar refractivity (Wildman–Crippen MR) is 88.4 cm³/mol. The van der Waals surface area contributed by atoms with E-state index in [2.05, 4.69) is 25.9 Å². The molecule has 0 spiro atoms. The highest BCUT2D eigenvalue weighted by molar-refractivity contribution is 6.31. The van der Waals surface area contributed by atoms with Crippen molar-refractivity contribution in [3.05, 3.63) is 16.7 Å². The Bertz CT molecular complexity index is 431. The molecule has 1 aromatic rings. The Balaban J connectivity index is 2.86. The van der Waals surface area contributed by atoms with E-state index in [9.17, 15) is 4.39 Å². The molecule has 4 heteroatoms. The largest absolute Gasteiger partial charge is 0.241 e. The van der Waals surface area contributed by atoms with Crippen LogP contribution >= 0.6 is 11.6 Å². The minimum Gasteiger partial charge on any atom is -0.241 e. The minimum atomic E-state index is -0.415. The molecule has 0 aliphatic rings. The second kappa shape index (κ2) is 8.77. The van der Waals surface area contributed by atoms with Gasteiger partial charge in [0, 0.05) is 12.5 Å². The first-order valence-corrected chi connectivity index (χ1v) is 8.72. The first-order chi connectivity index (χ1) is 9.96. The SMILES string of the molecule is CCCCCCC(C)(CCCCC)c1nn(C)c(F)c1Cl. The lowest BCUT2D eigenvalue weighted by Gasteiger charge is -2.28. The van der Waals surface area contributed by atoms with Crippen LogP contribution in [-0.4, -0.2) is 9.78 Å². The molecule has 0 N–H and O–H groups in total. The van der Waals surface area contributed by atoms with Gasteiger partial charge in [0.05, 0.1) is 5.69 Å². The zero-order valence-electron chi connectivity index (χ0n) is 14.0. The van der Waals surface area contributed by atoms with Gasteiger partial charge in [-0.25, -0.2) is 4.68 Å². The Morgan fingerprint density at radius 1 is 1.05 bits per heavy atom. The van der Waals surface area contributed by atoms with Crippen molar-refractivity contribution in [1.29, 1.82) is 0 Å². The van der Waals surface area contributed by atoms with Gasteiger partial charge in [-0.15, -0.1) is 0 Å². The van der Waals surface area contributed by atoms with Gasteiger partial charge in [0.25, 0.3) is 0 Å². The predicted octanol–water partition coefficient (Wildman–Crippen LogP) is 6.02. The van der Waals surface area contributed by atoms with Crippen LogP contribution in [0.3, 0.4) is 0 Å². The molecule has 0 fully saturated rings. The summed E-state index contributed by atoms with van der Waals surface area (Å²) in [6, 6.07) is 0. The number of unbranched alkanes of at least 4 members (excludes halogenated alkanes) is 5. The van der Waals surface area contributed by atoms with Crippen LogP contribution in [0.25, 0.3) is 0 Å². The van der Waals surface area contributed by atoms with Gasteiger partial charge in [-0.1, -0.05) is 77.3 Å². The third kappa shape index (κ3) is 4.98. The Kier molecular flexibility index (Phi) is 7.72. The van der Waals surface area contributed by atoms with E-state index in [0.717, 1.165) is 31.4 Å². The highest BCUT2D eigenvalue weighted by Crippen LogP contribution is 2.39. The highest BCUT2D eigenvalue weighted by Gasteiger charge is 2.33. The molecule has 0 aromatic carbocycles. The summed E-state index contributed by atoms with van der Waals surface area (Å²) in [4.78, 5) is 0. The lowest BCUT2D eigenvalue weighted by molar-refractivity contribution is 0.354. The molecule has 0 aliphatic heterocycles. The number of rotatable bonds is 10. The number of hydrogen-bond acceptors (Lipinski definition) is 1. The van der Waals surface area contributed by atoms with Crippen molar-refractivity contribution in [2.75, 3.05) is 0 Å². The number of aromatic nitrogens is 2. The second-order valence-electron chi connectivity index (χ2n) is 6.41. The van der Waals surface area contributed by atoms with E-state index in [-0.39, 0.29) is 10.4 Å². The quantitative estimate of drug-likeness (QED) is 0.482. The van der Waals surface area contributed by atoms with Gasteiger partial charge in [-0.05, 0) is 12.8 Å². The first kappa shape index (κ1) is 18.5. The number of halogens is 2. The molecule has 0 aliphatic carbocycles. The lowest BCUT2D eigenvalue weighted by Crippen LogP contribution is -2.23. The molecule has 0 bridgehead atoms. The molecule has 2 nitrogen and oxygen atoms in total. The minimum absolute atomic E-state index is 0.109. The molecule has 1 unspecified atom stereocenters. The Morgan fingerprint density at radius 2 is 1.57 bits per heavy atom. The number of hydrogen-bond donors (Lipinski definition) is 0. The van der Waals surface area contributed by atoms with Crippen LogP contribution in [0.2, 0.25) is 5.02 Å². The first-order valence-electron chi connectivity index (χ1n) is 8.34. The fourth-order valence-corrected chi connectivity index (χ4v) is 3.32. The zero-order chi connectivity index (χ0) is 15.9. The van der Waals surface area contributed by atoms with Gasteiger partial charge in [0.1, 0.15) is 5.02 Å². The molecule has 1 heterocycles. The molecule has 1 atom stereocenters. The van der Waals surface area contributed by atoms with E-state index in [4.69, 9.17) is 11.6 Å². The summed E-state index contributed by atoms with van der Waals surface area (Å²) >= 11 is 6.19. The molecule has 0 amide bonds. The molecular formula is C17H30ClFN2. The van der Waals surface area contributed by atoms with Crippen LogP contribution < -0.4 is 0 Å². The van der Waals surface area contributed by atoms with Crippen LogP contribution in [0.1, 0.15) is 84.3 Å². The Hall–Kier alpha value is -0.570. The normalized spacial score (nSPS) is 14.4. The standard InChI is InChI=1S/C17H30ClFN2/c1-5-7-9-11-13-17(3,12-10-8-6-2)15-14(18)16(19)21(4)20-15/h5-13H2,1-4H3. The Morgan fingerprint density at radius 3 is 2.05 bits per heavy atom. The zero-order valence-corrected chi connectivity index (χ0v) is 14.8. The maximum Gasteiger partial charge on any atom is 0.230 e. The number of nitrogens with zero attached hydrogens (tertiary/aromatic N) is 2. The molecular weight excluding hydrogens is 287 g/mol. The van der Waals surface area contributed by atoms with Gasteiger partial charge in [-0.3, -0.25) is 0 Å². The van der Waals surface area contributed by atoms with Crippen molar-refractivity contribution in [2.45, 2.75) is 84.0 Å². The summed E-state index contributed by atoms with van der Waals surface area (Å²) < 4.78 is 15.1. The monoisotopic (exact) mass is 316 g/mol. The third-order valence-electron chi connectivity index (χ3n) is 4.41. The van der Waals surface area contributed by atoms with Crippen molar-refractivity contribution in [3.8, 4) is 0 Å². The van der Waals surface area contributed by atoms with E-state index >= 15 is 0 Å². The Labute approximate surface area is 134 Å². The summed E-state index contributed by atoms with van der Waals surface area (Å²) in [5.74, 6) is -0.415. The van der Waals surface area contributed by atoms with Crippen molar-refractivity contribution in [1.82, 2.24) is 9.78 Å². The van der Waals surface area contributed by atoms with Gasteiger partial charge in [0.15, 0.2) is 0 Å². The van der Waals surface area contributed by atoms with Crippen LogP contribution in [0.5, 0.6) is 0 Å². The fourth-order valence-electron chi connectivity index (χ4n) is 2.93. The smallest absolute Gasteiger partial charge is 0.230 e. The van der Waals surface area contributed by atoms with Crippen LogP contribution in [0.15, 0.2) is 0 Å². The number of aryl methyl sites for hydroxylation is 1.